The van der Waals surface area contributed by atoms with Crippen molar-refractivity contribution in [3.05, 3.63) is 133 Å². The lowest BCUT2D eigenvalue weighted by atomic mass is 9.98. The molecule has 0 amide bonds. The Labute approximate surface area is 210 Å². The zero-order chi connectivity index (χ0) is 24.5. The largest absolute Gasteiger partial charge is 0.344 e. The van der Waals surface area contributed by atoms with Gasteiger partial charge in [-0.15, -0.1) is 0 Å². The van der Waals surface area contributed by atoms with Gasteiger partial charge in [-0.2, -0.15) is 0 Å². The van der Waals surface area contributed by atoms with Crippen molar-refractivity contribution in [1.82, 2.24) is 0 Å². The van der Waals surface area contributed by atoms with Gasteiger partial charge in [0.05, 0.1) is 0 Å². The van der Waals surface area contributed by atoms with Crippen LogP contribution in [0, 0.1) is 0 Å². The summed E-state index contributed by atoms with van der Waals surface area (Å²) in [6.45, 7) is 4.25. The molecule has 0 N–H and O–H groups in total. The standard InChI is InChI=1S/C31H25N.C3H8/c1-32(29-22-20-27(21-23-29)25-12-6-3-7-13-25)31-15-9-8-14-30(31)28-18-16-26(17-19-28)24-10-4-2-5-11-24;1-3-2/h2-23H,1H3;3H2,1-2H3. The van der Waals surface area contributed by atoms with E-state index in [-0.39, 0.29) is 0 Å². The third-order valence-corrected chi connectivity index (χ3v) is 5.93. The van der Waals surface area contributed by atoms with Crippen molar-refractivity contribution in [1.29, 1.82) is 0 Å². The summed E-state index contributed by atoms with van der Waals surface area (Å²) in [7, 11) is 2.13. The molecule has 35 heavy (non-hydrogen) atoms. The van der Waals surface area contributed by atoms with Gasteiger partial charge in [0.25, 0.3) is 0 Å². The van der Waals surface area contributed by atoms with E-state index in [4.69, 9.17) is 0 Å². The van der Waals surface area contributed by atoms with Crippen molar-refractivity contribution < 1.29 is 0 Å². The predicted octanol–water partition coefficient (Wildman–Crippen LogP) is 9.87. The van der Waals surface area contributed by atoms with E-state index in [9.17, 15) is 0 Å². The molecule has 5 aromatic carbocycles. The van der Waals surface area contributed by atoms with E-state index < -0.39 is 0 Å². The Morgan fingerprint density at radius 3 is 1.31 bits per heavy atom. The van der Waals surface area contributed by atoms with E-state index in [1.165, 1.54) is 45.5 Å². The first-order chi connectivity index (χ1) is 17.2. The van der Waals surface area contributed by atoms with Crippen LogP contribution in [-0.2, 0) is 0 Å². The lowest BCUT2D eigenvalue weighted by Gasteiger charge is -2.23. The molecule has 0 aliphatic heterocycles. The van der Waals surface area contributed by atoms with Gasteiger partial charge in [0.15, 0.2) is 0 Å². The zero-order valence-electron chi connectivity index (χ0n) is 20.9. The Bertz CT molecular complexity index is 1310. The number of benzene rings is 5. The first kappa shape index (κ1) is 24.0. The van der Waals surface area contributed by atoms with Gasteiger partial charge in [0.1, 0.15) is 0 Å². The molecular formula is C34H33N. The summed E-state index contributed by atoms with van der Waals surface area (Å²) >= 11 is 0. The summed E-state index contributed by atoms with van der Waals surface area (Å²) in [6, 6.07) is 47.2. The molecule has 5 rings (SSSR count). The van der Waals surface area contributed by atoms with E-state index in [2.05, 4.69) is 159 Å². The Balaban J connectivity index is 0.000000917. The summed E-state index contributed by atoms with van der Waals surface area (Å²) in [6.07, 6.45) is 1.25. The second-order valence-electron chi connectivity index (χ2n) is 8.64. The maximum Gasteiger partial charge on any atom is 0.0487 e. The van der Waals surface area contributed by atoms with Gasteiger partial charge in [0, 0.05) is 24.0 Å². The highest BCUT2D eigenvalue weighted by molar-refractivity contribution is 5.83. The second kappa shape index (κ2) is 11.9. The number of anilines is 2. The topological polar surface area (TPSA) is 3.24 Å². The molecule has 5 aromatic rings. The molecule has 0 spiro atoms. The SMILES string of the molecule is CCC.CN(c1ccc(-c2ccccc2)cc1)c1ccccc1-c1ccc(-c2ccccc2)cc1. The van der Waals surface area contributed by atoms with Gasteiger partial charge < -0.3 is 4.90 Å². The van der Waals surface area contributed by atoms with Crippen LogP contribution in [0.5, 0.6) is 0 Å². The maximum atomic E-state index is 2.26. The van der Waals surface area contributed by atoms with Crippen LogP contribution in [0.3, 0.4) is 0 Å². The van der Waals surface area contributed by atoms with Gasteiger partial charge in [-0.3, -0.25) is 0 Å². The first-order valence-corrected chi connectivity index (χ1v) is 12.4. The van der Waals surface area contributed by atoms with Crippen molar-refractivity contribution in [2.24, 2.45) is 0 Å². The minimum Gasteiger partial charge on any atom is -0.344 e. The van der Waals surface area contributed by atoms with Crippen LogP contribution in [0.2, 0.25) is 0 Å². The molecule has 1 heteroatoms. The van der Waals surface area contributed by atoms with Crippen LogP contribution in [0.1, 0.15) is 20.3 Å². The minimum atomic E-state index is 1.16. The Morgan fingerprint density at radius 2 is 0.800 bits per heavy atom. The normalized spacial score (nSPS) is 10.3. The molecule has 0 aliphatic carbocycles. The van der Waals surface area contributed by atoms with Crippen molar-refractivity contribution in [3.8, 4) is 33.4 Å². The van der Waals surface area contributed by atoms with E-state index in [1.807, 2.05) is 0 Å². The molecule has 0 aliphatic rings. The molecule has 0 unspecified atom stereocenters. The molecule has 0 atom stereocenters. The lowest BCUT2D eigenvalue weighted by molar-refractivity contribution is 1.09. The summed E-state index contributed by atoms with van der Waals surface area (Å²) < 4.78 is 0. The Kier molecular flexibility index (Phi) is 8.14. The van der Waals surface area contributed by atoms with Gasteiger partial charge in [-0.05, 0) is 46.0 Å². The van der Waals surface area contributed by atoms with Crippen molar-refractivity contribution in [2.75, 3.05) is 11.9 Å². The predicted molar refractivity (Wildman–Crippen MR) is 153 cm³/mol. The molecule has 0 bridgehead atoms. The molecule has 0 fully saturated rings. The summed E-state index contributed by atoms with van der Waals surface area (Å²) in [5.41, 5.74) is 9.73. The molecule has 174 valence electrons. The van der Waals surface area contributed by atoms with E-state index in [0.29, 0.717) is 0 Å². The van der Waals surface area contributed by atoms with Crippen molar-refractivity contribution in [3.63, 3.8) is 0 Å². The summed E-state index contributed by atoms with van der Waals surface area (Å²) in [4.78, 5) is 2.26. The number of hydrogen-bond acceptors (Lipinski definition) is 1. The summed E-state index contributed by atoms with van der Waals surface area (Å²) in [5, 5.41) is 0. The molecule has 1 nitrogen and oxygen atoms in total. The van der Waals surface area contributed by atoms with Crippen LogP contribution >= 0.6 is 0 Å². The fraction of sp³-hybridized carbons (Fsp3) is 0.118. The second-order valence-corrected chi connectivity index (χ2v) is 8.64. The molecular weight excluding hydrogens is 422 g/mol. The van der Waals surface area contributed by atoms with Gasteiger partial charge in [0.2, 0.25) is 0 Å². The highest BCUT2D eigenvalue weighted by Crippen LogP contribution is 2.35. The highest BCUT2D eigenvalue weighted by atomic mass is 15.1. The van der Waals surface area contributed by atoms with Crippen LogP contribution < -0.4 is 4.90 Å². The van der Waals surface area contributed by atoms with Crippen LogP contribution in [0.15, 0.2) is 133 Å². The van der Waals surface area contributed by atoms with E-state index >= 15 is 0 Å². The quantitative estimate of drug-likeness (QED) is 0.255. The molecule has 0 heterocycles. The average Bonchev–Trinajstić information content (AvgIpc) is 2.94. The molecule has 0 saturated heterocycles. The van der Waals surface area contributed by atoms with Crippen LogP contribution in [0.25, 0.3) is 33.4 Å². The third-order valence-electron chi connectivity index (χ3n) is 5.93. The minimum absolute atomic E-state index is 1.16. The zero-order valence-corrected chi connectivity index (χ0v) is 20.9. The number of rotatable bonds is 5. The molecule has 0 saturated carbocycles. The smallest absolute Gasteiger partial charge is 0.0487 e. The van der Waals surface area contributed by atoms with Gasteiger partial charge in [-0.25, -0.2) is 0 Å². The van der Waals surface area contributed by atoms with E-state index in [1.54, 1.807) is 0 Å². The fourth-order valence-electron chi connectivity index (χ4n) is 4.13. The monoisotopic (exact) mass is 455 g/mol. The number of nitrogens with zero attached hydrogens (tertiary/aromatic N) is 1. The first-order valence-electron chi connectivity index (χ1n) is 12.4. The maximum absolute atomic E-state index is 2.26. The molecule has 0 aromatic heterocycles. The van der Waals surface area contributed by atoms with Gasteiger partial charge >= 0.3 is 0 Å². The van der Waals surface area contributed by atoms with Crippen LogP contribution in [0.4, 0.5) is 11.4 Å². The van der Waals surface area contributed by atoms with Crippen LogP contribution in [-0.4, -0.2) is 7.05 Å². The lowest BCUT2D eigenvalue weighted by Crippen LogP contribution is -2.10. The number of para-hydroxylation sites is 1. The molecule has 0 radical (unpaired) electrons. The van der Waals surface area contributed by atoms with Crippen molar-refractivity contribution >= 4 is 11.4 Å². The van der Waals surface area contributed by atoms with Gasteiger partial charge in [-0.1, -0.05) is 136 Å². The Hall–Kier alpha value is -4.10. The highest BCUT2D eigenvalue weighted by Gasteiger charge is 2.11. The average molecular weight is 456 g/mol. The summed E-state index contributed by atoms with van der Waals surface area (Å²) in [5.74, 6) is 0. The van der Waals surface area contributed by atoms with E-state index in [0.717, 1.165) is 5.69 Å². The third kappa shape index (κ3) is 5.88. The fourth-order valence-corrected chi connectivity index (χ4v) is 4.13. The van der Waals surface area contributed by atoms with Crippen molar-refractivity contribution in [2.45, 2.75) is 20.3 Å². The Morgan fingerprint density at radius 1 is 0.429 bits per heavy atom. The number of hydrogen-bond donors (Lipinski definition) is 0.